The summed E-state index contributed by atoms with van der Waals surface area (Å²) in [5, 5.41) is 3.45. The Morgan fingerprint density at radius 3 is 2.44 bits per heavy atom. The Kier molecular flexibility index (Phi) is 11.1. The number of likely N-dealkylation sites (N-methyl/N-ethyl adjacent to an activating group) is 2. The van der Waals surface area contributed by atoms with Gasteiger partial charge in [-0.3, -0.25) is 14.8 Å². The molecule has 0 aliphatic carbocycles. The van der Waals surface area contributed by atoms with Gasteiger partial charge in [-0.1, -0.05) is 13.0 Å². The van der Waals surface area contributed by atoms with Crippen molar-refractivity contribution < 1.29 is 8.78 Å². The van der Waals surface area contributed by atoms with Crippen LogP contribution < -0.4 is 5.32 Å². The highest BCUT2D eigenvalue weighted by Gasteiger charge is 2.28. The van der Waals surface area contributed by atoms with Gasteiger partial charge >= 0.3 is 0 Å². The van der Waals surface area contributed by atoms with Crippen LogP contribution in [0.25, 0.3) is 0 Å². The predicted molar refractivity (Wildman–Crippen MR) is 138 cm³/mol. The fourth-order valence-electron chi connectivity index (χ4n) is 4.61. The molecule has 2 atom stereocenters. The van der Waals surface area contributed by atoms with E-state index in [1.54, 1.807) is 6.07 Å². The first-order valence-electron chi connectivity index (χ1n) is 11.5. The van der Waals surface area contributed by atoms with E-state index in [9.17, 15) is 8.78 Å². The van der Waals surface area contributed by atoms with Crippen LogP contribution in [-0.4, -0.2) is 105 Å². The van der Waals surface area contributed by atoms with E-state index in [1.807, 2.05) is 0 Å². The first-order valence-corrected chi connectivity index (χ1v) is 11.5. The van der Waals surface area contributed by atoms with Crippen LogP contribution in [0.4, 0.5) is 8.78 Å². The molecule has 0 aromatic heterocycles. The van der Waals surface area contributed by atoms with Gasteiger partial charge in [0, 0.05) is 76.1 Å². The SMILES string of the molecule is CCNC(=NCC1CN(C)CCN1C)N1CCN(C(CC)c2ccc(F)cc2F)CC1.I. The van der Waals surface area contributed by atoms with Crippen LogP contribution >= 0.6 is 24.0 Å². The number of guanidine groups is 1. The van der Waals surface area contributed by atoms with E-state index >= 15 is 0 Å². The minimum atomic E-state index is -0.526. The summed E-state index contributed by atoms with van der Waals surface area (Å²) in [4.78, 5) is 14.3. The predicted octanol–water partition coefficient (Wildman–Crippen LogP) is 2.86. The van der Waals surface area contributed by atoms with Crippen LogP contribution in [0.1, 0.15) is 31.9 Å². The van der Waals surface area contributed by atoms with Crippen LogP contribution in [-0.2, 0) is 0 Å². The van der Waals surface area contributed by atoms with Crippen molar-refractivity contribution in [2.24, 2.45) is 4.99 Å². The van der Waals surface area contributed by atoms with E-state index in [0.717, 1.165) is 77.3 Å². The summed E-state index contributed by atoms with van der Waals surface area (Å²) in [5.74, 6) is -0.0160. The number of hydrogen-bond acceptors (Lipinski definition) is 4. The molecular weight excluding hydrogens is 525 g/mol. The molecule has 2 aliphatic rings. The number of hydrogen-bond donors (Lipinski definition) is 1. The van der Waals surface area contributed by atoms with Crippen molar-refractivity contribution in [2.75, 3.05) is 73.0 Å². The first kappa shape index (κ1) is 27.2. The molecule has 3 rings (SSSR count). The second kappa shape index (κ2) is 13.0. The van der Waals surface area contributed by atoms with Crippen molar-refractivity contribution >= 4 is 29.9 Å². The Bertz CT molecular complexity index is 741. The fourth-order valence-corrected chi connectivity index (χ4v) is 4.61. The minimum absolute atomic E-state index is 0. The molecule has 2 saturated heterocycles. The molecule has 1 N–H and O–H groups in total. The van der Waals surface area contributed by atoms with E-state index < -0.39 is 11.6 Å². The van der Waals surface area contributed by atoms with Gasteiger partial charge in [0.15, 0.2) is 5.96 Å². The largest absolute Gasteiger partial charge is 0.357 e. The van der Waals surface area contributed by atoms with Gasteiger partial charge in [0.25, 0.3) is 0 Å². The van der Waals surface area contributed by atoms with Crippen LogP contribution in [0.2, 0.25) is 0 Å². The molecule has 0 spiro atoms. The molecule has 2 aliphatic heterocycles. The first-order chi connectivity index (χ1) is 14.9. The minimum Gasteiger partial charge on any atom is -0.357 e. The zero-order chi connectivity index (χ0) is 22.4. The maximum atomic E-state index is 14.4. The van der Waals surface area contributed by atoms with Crippen LogP contribution in [0.15, 0.2) is 23.2 Å². The smallest absolute Gasteiger partial charge is 0.194 e. The maximum Gasteiger partial charge on any atom is 0.194 e. The van der Waals surface area contributed by atoms with Gasteiger partial charge < -0.3 is 15.1 Å². The molecule has 2 unspecified atom stereocenters. The highest BCUT2D eigenvalue weighted by Crippen LogP contribution is 2.28. The lowest BCUT2D eigenvalue weighted by Gasteiger charge is -2.41. The van der Waals surface area contributed by atoms with E-state index in [-0.39, 0.29) is 30.0 Å². The Labute approximate surface area is 209 Å². The van der Waals surface area contributed by atoms with Crippen molar-refractivity contribution in [3.63, 3.8) is 0 Å². The van der Waals surface area contributed by atoms with E-state index in [2.05, 4.69) is 52.9 Å². The Morgan fingerprint density at radius 2 is 1.81 bits per heavy atom. The van der Waals surface area contributed by atoms with E-state index in [1.165, 1.54) is 6.07 Å². The zero-order valence-electron chi connectivity index (χ0n) is 19.9. The second-order valence-corrected chi connectivity index (χ2v) is 8.70. The monoisotopic (exact) mass is 564 g/mol. The van der Waals surface area contributed by atoms with Gasteiger partial charge in [0.2, 0.25) is 0 Å². The van der Waals surface area contributed by atoms with Gasteiger partial charge in [0.05, 0.1) is 6.54 Å². The molecule has 32 heavy (non-hydrogen) atoms. The molecule has 0 saturated carbocycles. The van der Waals surface area contributed by atoms with Crippen molar-refractivity contribution in [3.05, 3.63) is 35.4 Å². The number of piperazine rings is 2. The molecule has 1 aromatic carbocycles. The number of benzene rings is 1. The van der Waals surface area contributed by atoms with Crippen molar-refractivity contribution in [2.45, 2.75) is 32.4 Å². The topological polar surface area (TPSA) is 37.4 Å². The van der Waals surface area contributed by atoms with Gasteiger partial charge in [-0.05, 0) is 33.5 Å². The molecule has 182 valence electrons. The summed E-state index contributed by atoms with van der Waals surface area (Å²) >= 11 is 0. The van der Waals surface area contributed by atoms with Crippen LogP contribution in [0.3, 0.4) is 0 Å². The quantitative estimate of drug-likeness (QED) is 0.327. The summed E-state index contributed by atoms with van der Waals surface area (Å²) < 4.78 is 27.7. The Morgan fingerprint density at radius 1 is 1.09 bits per heavy atom. The molecule has 2 fully saturated rings. The third-order valence-corrected chi connectivity index (χ3v) is 6.53. The third kappa shape index (κ3) is 6.98. The lowest BCUT2D eigenvalue weighted by molar-refractivity contribution is 0.117. The average Bonchev–Trinajstić information content (AvgIpc) is 2.76. The molecule has 0 amide bonds. The number of rotatable bonds is 6. The zero-order valence-corrected chi connectivity index (χ0v) is 22.2. The highest BCUT2D eigenvalue weighted by molar-refractivity contribution is 14.0. The average molecular weight is 565 g/mol. The van der Waals surface area contributed by atoms with E-state index in [4.69, 9.17) is 4.99 Å². The molecule has 9 heteroatoms. The third-order valence-electron chi connectivity index (χ3n) is 6.53. The lowest BCUT2D eigenvalue weighted by atomic mass is 10.0. The summed E-state index contributed by atoms with van der Waals surface area (Å²) in [5.41, 5.74) is 0.586. The second-order valence-electron chi connectivity index (χ2n) is 8.70. The molecule has 0 bridgehead atoms. The van der Waals surface area contributed by atoms with Gasteiger partial charge in [-0.2, -0.15) is 0 Å². The molecule has 1 aromatic rings. The number of halogens is 3. The Hall–Kier alpha value is -1.04. The van der Waals surface area contributed by atoms with E-state index in [0.29, 0.717) is 11.6 Å². The van der Waals surface area contributed by atoms with Gasteiger partial charge in [0.1, 0.15) is 11.6 Å². The number of nitrogens with zero attached hydrogens (tertiary/aromatic N) is 5. The molecular formula is C23H39F2IN6. The Balaban J connectivity index is 0.00000363. The normalized spacial score (nSPS) is 22.5. The summed E-state index contributed by atoms with van der Waals surface area (Å²) in [6.45, 7) is 12.3. The van der Waals surface area contributed by atoms with Crippen LogP contribution in [0, 0.1) is 11.6 Å². The molecule has 6 nitrogen and oxygen atoms in total. The summed E-state index contributed by atoms with van der Waals surface area (Å²) in [7, 11) is 4.35. The lowest BCUT2D eigenvalue weighted by Crippen LogP contribution is -2.54. The standard InChI is InChI=1S/C23H38F2N6.HI/c1-5-22(20-8-7-18(24)15-21(20)25)30-11-13-31(14-12-30)23(26-6-2)27-16-19-17-28(3)9-10-29(19)4;/h7-8,15,19,22H,5-6,9-14,16-17H2,1-4H3,(H,26,27);1H. The maximum absolute atomic E-state index is 14.4. The number of aliphatic imine (C=N–C) groups is 1. The molecule has 0 radical (unpaired) electrons. The fraction of sp³-hybridized carbons (Fsp3) is 0.696. The van der Waals surface area contributed by atoms with Crippen molar-refractivity contribution in [1.29, 1.82) is 0 Å². The van der Waals surface area contributed by atoms with Crippen LogP contribution in [0.5, 0.6) is 0 Å². The van der Waals surface area contributed by atoms with Gasteiger partial charge in [-0.15, -0.1) is 24.0 Å². The number of nitrogens with one attached hydrogen (secondary N) is 1. The van der Waals surface area contributed by atoms with Crippen molar-refractivity contribution in [3.8, 4) is 0 Å². The molecule has 2 heterocycles. The van der Waals surface area contributed by atoms with Crippen molar-refractivity contribution in [1.82, 2.24) is 24.9 Å². The summed E-state index contributed by atoms with van der Waals surface area (Å²) in [6.07, 6.45) is 0.790. The summed E-state index contributed by atoms with van der Waals surface area (Å²) in [6, 6.07) is 4.33. The van der Waals surface area contributed by atoms with Gasteiger partial charge in [-0.25, -0.2) is 8.78 Å². The highest BCUT2D eigenvalue weighted by atomic mass is 127.